The molecule has 0 spiro atoms. The third kappa shape index (κ3) is 134. The van der Waals surface area contributed by atoms with Crippen LogP contribution in [0.3, 0.4) is 0 Å². The van der Waals surface area contributed by atoms with Gasteiger partial charge in [0.25, 0.3) is 7.12 Å². The molecule has 0 heterocycles. The van der Waals surface area contributed by atoms with E-state index in [1.54, 1.807) is 8.44 Å². The summed E-state index contributed by atoms with van der Waals surface area (Å²) in [6.45, 7) is 0. The van der Waals surface area contributed by atoms with Crippen LogP contribution in [0.2, 0.25) is 0 Å². The van der Waals surface area contributed by atoms with Crippen LogP contribution < -0.4 is 0 Å². The fourth-order valence-corrected chi connectivity index (χ4v) is 0. The lowest BCUT2D eigenvalue weighted by Crippen LogP contribution is -1.78. The molecule has 0 fully saturated rings. The van der Waals surface area contributed by atoms with Crippen LogP contribution in [-0.4, -0.2) is 15.5 Å². The predicted octanol–water partition coefficient (Wildman–Crippen LogP) is -1.26. The SMILES string of the molecule is BS(=O)(=O)P. The van der Waals surface area contributed by atoms with Crippen molar-refractivity contribution in [1.82, 2.24) is 0 Å². The van der Waals surface area contributed by atoms with Crippen molar-refractivity contribution in [2.24, 2.45) is 0 Å². The van der Waals surface area contributed by atoms with Gasteiger partial charge >= 0.3 is 0 Å². The molecule has 0 saturated carbocycles. The van der Waals surface area contributed by atoms with Crippen molar-refractivity contribution in [3.63, 3.8) is 0 Å². The second-order valence-corrected chi connectivity index (χ2v) is 5.06. The van der Waals surface area contributed by atoms with E-state index in [4.69, 9.17) is 0 Å². The zero-order valence-corrected chi connectivity index (χ0v) is 4.77. The molecule has 1 unspecified atom stereocenters. The highest BCUT2D eigenvalue weighted by atomic mass is 32.7. The van der Waals surface area contributed by atoms with Crippen molar-refractivity contribution in [3.05, 3.63) is 0 Å². The second kappa shape index (κ2) is 1.27. The summed E-state index contributed by atoms with van der Waals surface area (Å²) < 4.78 is 19.2. The minimum Gasteiger partial charge on any atom is -0.238 e. The summed E-state index contributed by atoms with van der Waals surface area (Å²) in [5, 5.41) is 0. The van der Waals surface area contributed by atoms with E-state index in [0.29, 0.717) is 0 Å². The molecule has 30 valence electrons. The van der Waals surface area contributed by atoms with Gasteiger partial charge in [-0.2, -0.15) is 0 Å². The Hall–Kier alpha value is 0.445. The lowest BCUT2D eigenvalue weighted by molar-refractivity contribution is 0.622. The highest BCUT2D eigenvalue weighted by Crippen LogP contribution is 1.88. The Morgan fingerprint density at radius 3 is 1.60 bits per heavy atom. The molecule has 2 nitrogen and oxygen atoms in total. The standard InChI is InChI=1S/BH4O2PS/c1-5(2,3)4/h1,4H2. The van der Waals surface area contributed by atoms with E-state index in [0.717, 1.165) is 7.12 Å². The number of hydrogen-bond donors (Lipinski definition) is 0. The zero-order chi connectivity index (χ0) is 4.50. The van der Waals surface area contributed by atoms with E-state index < -0.39 is 9.31 Å². The first-order valence-corrected chi connectivity index (χ1v) is 4.35. The maximum absolute atomic E-state index is 9.59. The Morgan fingerprint density at radius 1 is 1.60 bits per heavy atom. The van der Waals surface area contributed by atoms with Gasteiger partial charge in [-0.05, 0) is 8.44 Å². The summed E-state index contributed by atoms with van der Waals surface area (Å²) in [6, 6.07) is 0. The van der Waals surface area contributed by atoms with Gasteiger partial charge in [0.05, 0.1) is 0 Å². The molecule has 0 aliphatic carbocycles. The third-order valence-corrected chi connectivity index (χ3v) is 0. The Kier molecular flexibility index (Phi) is 1.38. The van der Waals surface area contributed by atoms with E-state index >= 15 is 0 Å². The molecule has 0 aliphatic rings. The molecular formula is H4BO2PS. The van der Waals surface area contributed by atoms with E-state index in [1.807, 2.05) is 0 Å². The van der Waals surface area contributed by atoms with Crippen molar-refractivity contribution >= 4 is 24.9 Å². The van der Waals surface area contributed by atoms with Gasteiger partial charge in [-0.1, -0.05) is 0 Å². The summed E-state index contributed by atoms with van der Waals surface area (Å²) in [4.78, 5) is 0. The fraction of sp³-hybridized carbons (Fsp3) is 0. The van der Waals surface area contributed by atoms with Crippen molar-refractivity contribution in [2.75, 3.05) is 0 Å². The molecule has 0 aliphatic heterocycles. The Bertz CT molecular complexity index is 92.8. The van der Waals surface area contributed by atoms with Gasteiger partial charge in [0.1, 0.15) is 9.31 Å². The minimum absolute atomic E-state index is 1.12. The number of rotatable bonds is 0. The van der Waals surface area contributed by atoms with Gasteiger partial charge in [0, 0.05) is 0 Å². The summed E-state index contributed by atoms with van der Waals surface area (Å²) in [6.07, 6.45) is 0. The molecule has 5 heavy (non-hydrogen) atoms. The molecule has 0 N–H and O–H groups in total. The first-order valence-electron chi connectivity index (χ1n) is 0.977. The number of hydrogen-bond acceptors (Lipinski definition) is 2. The Balaban J connectivity index is 4.06. The Labute approximate surface area is 34.1 Å². The van der Waals surface area contributed by atoms with Gasteiger partial charge < -0.3 is 0 Å². The van der Waals surface area contributed by atoms with E-state index in [2.05, 4.69) is 0 Å². The molecule has 0 aromatic rings. The van der Waals surface area contributed by atoms with Crippen LogP contribution in [0.4, 0.5) is 0 Å². The van der Waals surface area contributed by atoms with Crippen LogP contribution in [0.15, 0.2) is 0 Å². The first kappa shape index (κ1) is 5.44. The second-order valence-electron chi connectivity index (χ2n) is 0.830. The quantitative estimate of drug-likeness (QED) is 0.288. The highest BCUT2D eigenvalue weighted by molar-refractivity contribution is 8.50. The summed E-state index contributed by atoms with van der Waals surface area (Å²) >= 11 is 0. The summed E-state index contributed by atoms with van der Waals surface area (Å²) in [7, 11) is 0.0602. The monoisotopic (exact) mass is 110 g/mol. The van der Waals surface area contributed by atoms with E-state index in [9.17, 15) is 8.42 Å². The molecule has 0 rings (SSSR count). The lowest BCUT2D eigenvalue weighted by Gasteiger charge is -1.69. The molecule has 0 radical (unpaired) electrons. The normalized spacial score (nSPS) is 11.4. The first-order chi connectivity index (χ1) is 2.00. The molecular weight excluding hydrogens is 106 g/mol. The van der Waals surface area contributed by atoms with Crippen LogP contribution in [0.5, 0.6) is 0 Å². The average Bonchev–Trinajstić information content (AvgIpc) is 0.722. The third-order valence-electron chi connectivity index (χ3n) is 0. The molecule has 0 aromatic carbocycles. The van der Waals surface area contributed by atoms with Crippen molar-refractivity contribution in [1.29, 1.82) is 0 Å². The average molecular weight is 110 g/mol. The van der Waals surface area contributed by atoms with Crippen LogP contribution >= 0.6 is 8.44 Å². The van der Waals surface area contributed by atoms with Crippen molar-refractivity contribution in [2.45, 2.75) is 0 Å². The predicted molar refractivity (Wildman–Crippen MR) is 27.2 cm³/mol. The van der Waals surface area contributed by atoms with Gasteiger partial charge in [-0.25, -0.2) is 8.42 Å². The van der Waals surface area contributed by atoms with Gasteiger partial charge in [0.2, 0.25) is 0 Å². The molecule has 5 heteroatoms. The molecule has 0 bridgehead atoms. The van der Waals surface area contributed by atoms with Gasteiger partial charge in [-0.3, -0.25) is 0 Å². The largest absolute Gasteiger partial charge is 0.260 e. The zero-order valence-electron chi connectivity index (χ0n) is 2.80. The fourth-order valence-electron chi connectivity index (χ4n) is 0. The molecule has 0 aromatic heterocycles. The van der Waals surface area contributed by atoms with Crippen LogP contribution in [-0.2, 0) is 9.31 Å². The molecule has 0 saturated heterocycles. The smallest absolute Gasteiger partial charge is 0.238 e. The topological polar surface area (TPSA) is 34.1 Å². The Morgan fingerprint density at radius 2 is 1.60 bits per heavy atom. The maximum atomic E-state index is 9.59. The van der Waals surface area contributed by atoms with E-state index in [1.165, 1.54) is 0 Å². The highest BCUT2D eigenvalue weighted by Gasteiger charge is 1.80. The maximum Gasteiger partial charge on any atom is 0.260 e. The minimum atomic E-state index is -2.75. The van der Waals surface area contributed by atoms with Gasteiger partial charge in [0.15, 0.2) is 0 Å². The van der Waals surface area contributed by atoms with Crippen molar-refractivity contribution in [3.8, 4) is 0 Å². The van der Waals surface area contributed by atoms with E-state index in [-0.39, 0.29) is 0 Å². The lowest BCUT2D eigenvalue weighted by atomic mass is 10.8. The molecule has 0 amide bonds. The van der Waals surface area contributed by atoms with Crippen molar-refractivity contribution < 1.29 is 8.42 Å². The summed E-state index contributed by atoms with van der Waals surface area (Å²) in [5.74, 6) is 0. The molecule has 1 atom stereocenters. The van der Waals surface area contributed by atoms with Crippen LogP contribution in [0.1, 0.15) is 0 Å². The van der Waals surface area contributed by atoms with Gasteiger partial charge in [-0.15, -0.1) is 0 Å². The van der Waals surface area contributed by atoms with Crippen LogP contribution in [0.25, 0.3) is 0 Å². The van der Waals surface area contributed by atoms with Crippen LogP contribution in [0, 0.1) is 0 Å². The summed E-state index contributed by atoms with van der Waals surface area (Å²) in [5.41, 5.74) is 0.